The van der Waals surface area contributed by atoms with Crippen LogP contribution in [0.15, 0.2) is 30.0 Å². The fourth-order valence-corrected chi connectivity index (χ4v) is 3.52. The van der Waals surface area contributed by atoms with Crippen LogP contribution in [0.3, 0.4) is 0 Å². The molecule has 0 radical (unpaired) electrons. The summed E-state index contributed by atoms with van der Waals surface area (Å²) in [5.41, 5.74) is 3.77. The standard InChI is InChI=1S/C23H26N2O6/c1-13(6-9-18(26)25-15-7-10-19(29-3)24-11-15)5-8-16-21(27)20-17(12-31-23(20)28)14(2)22(16)30-4/h5,7,10-11,27H,6,8-9,12H2,1-4H3,(H,25,26). The molecule has 2 N–H and O–H groups in total. The van der Waals surface area contributed by atoms with Crippen LogP contribution in [0.1, 0.15) is 46.8 Å². The summed E-state index contributed by atoms with van der Waals surface area (Å²) in [7, 11) is 3.06. The van der Waals surface area contributed by atoms with Gasteiger partial charge >= 0.3 is 5.97 Å². The number of cyclic esters (lactones) is 1. The van der Waals surface area contributed by atoms with Gasteiger partial charge in [-0.1, -0.05) is 11.6 Å². The van der Waals surface area contributed by atoms with Gasteiger partial charge in [0.25, 0.3) is 0 Å². The number of rotatable bonds is 8. The zero-order chi connectivity index (χ0) is 22.5. The Bertz CT molecular complexity index is 1030. The number of fused-ring (bicyclic) bond motifs is 1. The van der Waals surface area contributed by atoms with Gasteiger partial charge in [0.15, 0.2) is 0 Å². The van der Waals surface area contributed by atoms with Crippen LogP contribution in [0.25, 0.3) is 0 Å². The molecular formula is C23H26N2O6. The van der Waals surface area contributed by atoms with Gasteiger partial charge in [0.05, 0.1) is 26.1 Å². The van der Waals surface area contributed by atoms with Crippen molar-refractivity contribution >= 4 is 17.6 Å². The number of aromatic nitrogens is 1. The van der Waals surface area contributed by atoms with Crippen LogP contribution in [-0.2, 0) is 22.6 Å². The van der Waals surface area contributed by atoms with E-state index in [1.165, 1.54) is 20.4 Å². The third kappa shape index (κ3) is 4.79. The number of ether oxygens (including phenoxy) is 3. The number of hydrogen-bond acceptors (Lipinski definition) is 7. The summed E-state index contributed by atoms with van der Waals surface area (Å²) in [6.07, 6.45) is 4.67. The zero-order valence-corrected chi connectivity index (χ0v) is 18.1. The van der Waals surface area contributed by atoms with Gasteiger partial charge in [-0.05, 0) is 38.3 Å². The molecule has 0 saturated heterocycles. The van der Waals surface area contributed by atoms with Crippen molar-refractivity contribution in [1.29, 1.82) is 0 Å². The number of allylic oxidation sites excluding steroid dienone is 2. The first-order chi connectivity index (χ1) is 14.8. The number of methoxy groups -OCH3 is 2. The average Bonchev–Trinajstić information content (AvgIpc) is 3.16. The summed E-state index contributed by atoms with van der Waals surface area (Å²) in [5, 5.41) is 13.5. The molecule has 0 fully saturated rings. The molecular weight excluding hydrogens is 400 g/mol. The molecule has 0 bridgehead atoms. The lowest BCUT2D eigenvalue weighted by molar-refractivity contribution is -0.116. The molecule has 0 atom stereocenters. The lowest BCUT2D eigenvalue weighted by Gasteiger charge is -2.15. The predicted octanol–water partition coefficient (Wildman–Crippen LogP) is 3.69. The van der Waals surface area contributed by atoms with Gasteiger partial charge in [-0.25, -0.2) is 9.78 Å². The average molecular weight is 426 g/mol. The number of phenolic OH excluding ortho intramolecular Hbond substituents is 1. The molecule has 1 aromatic heterocycles. The second-order valence-corrected chi connectivity index (χ2v) is 7.31. The molecule has 1 aromatic carbocycles. The first-order valence-corrected chi connectivity index (χ1v) is 9.89. The molecule has 0 unspecified atom stereocenters. The summed E-state index contributed by atoms with van der Waals surface area (Å²) in [5.74, 6) is 0.267. The zero-order valence-electron chi connectivity index (χ0n) is 18.1. The van der Waals surface area contributed by atoms with Gasteiger partial charge in [0, 0.05) is 23.6 Å². The summed E-state index contributed by atoms with van der Waals surface area (Å²) in [6, 6.07) is 3.40. The Morgan fingerprint density at radius 3 is 2.71 bits per heavy atom. The number of amides is 1. The largest absolute Gasteiger partial charge is 0.507 e. The number of benzene rings is 1. The van der Waals surface area contributed by atoms with E-state index in [1.807, 2.05) is 19.9 Å². The highest BCUT2D eigenvalue weighted by molar-refractivity contribution is 5.98. The molecule has 0 spiro atoms. The fraction of sp³-hybridized carbons (Fsp3) is 0.348. The molecule has 164 valence electrons. The number of nitrogens with zero attached hydrogens (tertiary/aromatic N) is 1. The minimum Gasteiger partial charge on any atom is -0.507 e. The van der Waals surface area contributed by atoms with Crippen LogP contribution < -0.4 is 14.8 Å². The molecule has 8 heteroatoms. The Kier molecular flexibility index (Phi) is 6.79. The number of esters is 1. The number of pyridine rings is 1. The maximum Gasteiger partial charge on any atom is 0.342 e. The summed E-state index contributed by atoms with van der Waals surface area (Å²) >= 11 is 0. The number of nitrogens with one attached hydrogen (secondary N) is 1. The van der Waals surface area contributed by atoms with Crippen molar-refractivity contribution in [3.8, 4) is 17.4 Å². The molecule has 0 saturated carbocycles. The molecule has 3 rings (SSSR count). The second kappa shape index (κ2) is 9.51. The minimum absolute atomic E-state index is 0.103. The lowest BCUT2D eigenvalue weighted by Crippen LogP contribution is -2.11. The van der Waals surface area contributed by atoms with Crippen LogP contribution in [0.2, 0.25) is 0 Å². The Morgan fingerprint density at radius 2 is 2.06 bits per heavy atom. The van der Waals surface area contributed by atoms with Crippen molar-refractivity contribution in [3.63, 3.8) is 0 Å². The van der Waals surface area contributed by atoms with Crippen LogP contribution in [0.4, 0.5) is 5.69 Å². The highest BCUT2D eigenvalue weighted by Crippen LogP contribution is 2.42. The van der Waals surface area contributed by atoms with Gasteiger partial charge < -0.3 is 24.6 Å². The number of carbonyl (C=O) groups excluding carboxylic acids is 2. The van der Waals surface area contributed by atoms with Crippen LogP contribution >= 0.6 is 0 Å². The van der Waals surface area contributed by atoms with Gasteiger partial charge in [-0.15, -0.1) is 0 Å². The Labute approximate surface area is 180 Å². The van der Waals surface area contributed by atoms with Crippen molar-refractivity contribution in [2.45, 2.75) is 39.7 Å². The van der Waals surface area contributed by atoms with E-state index < -0.39 is 5.97 Å². The van der Waals surface area contributed by atoms with E-state index in [1.54, 1.807) is 12.1 Å². The normalized spacial score (nSPS) is 12.9. The first kappa shape index (κ1) is 22.1. The molecule has 8 nitrogen and oxygen atoms in total. The number of phenols is 1. The van der Waals surface area contributed by atoms with E-state index in [-0.39, 0.29) is 23.8 Å². The first-order valence-electron chi connectivity index (χ1n) is 9.89. The number of aromatic hydroxyl groups is 1. The Morgan fingerprint density at radius 1 is 1.29 bits per heavy atom. The Balaban J connectivity index is 1.65. The van der Waals surface area contributed by atoms with Crippen LogP contribution in [0.5, 0.6) is 17.4 Å². The number of carbonyl (C=O) groups is 2. The van der Waals surface area contributed by atoms with E-state index in [2.05, 4.69) is 10.3 Å². The van der Waals surface area contributed by atoms with Crippen molar-refractivity contribution in [1.82, 2.24) is 4.98 Å². The third-order valence-electron chi connectivity index (χ3n) is 5.28. The van der Waals surface area contributed by atoms with Gasteiger partial charge in [0.2, 0.25) is 11.8 Å². The van der Waals surface area contributed by atoms with Gasteiger partial charge in [0.1, 0.15) is 23.7 Å². The van der Waals surface area contributed by atoms with Crippen LogP contribution in [-0.4, -0.2) is 36.2 Å². The molecule has 31 heavy (non-hydrogen) atoms. The van der Waals surface area contributed by atoms with Gasteiger partial charge in [-0.3, -0.25) is 4.79 Å². The summed E-state index contributed by atoms with van der Waals surface area (Å²) < 4.78 is 15.6. The van der Waals surface area contributed by atoms with Crippen LogP contribution in [0, 0.1) is 6.92 Å². The minimum atomic E-state index is -0.523. The molecule has 1 amide bonds. The second-order valence-electron chi connectivity index (χ2n) is 7.31. The topological polar surface area (TPSA) is 107 Å². The van der Waals surface area contributed by atoms with E-state index in [9.17, 15) is 14.7 Å². The van der Waals surface area contributed by atoms with E-state index in [4.69, 9.17) is 14.2 Å². The fourth-order valence-electron chi connectivity index (χ4n) is 3.52. The van der Waals surface area contributed by atoms with E-state index in [0.717, 1.165) is 11.1 Å². The lowest BCUT2D eigenvalue weighted by atomic mass is 9.94. The summed E-state index contributed by atoms with van der Waals surface area (Å²) in [4.78, 5) is 28.3. The Hall–Kier alpha value is -3.55. The molecule has 0 aliphatic carbocycles. The van der Waals surface area contributed by atoms with Crippen molar-refractivity contribution in [3.05, 3.63) is 52.2 Å². The SMILES string of the molecule is COc1ccc(NC(=O)CCC(C)=CCc2c(O)c3c(c(C)c2OC)COC3=O)cn1. The van der Waals surface area contributed by atoms with Crippen molar-refractivity contribution < 1.29 is 28.9 Å². The molecule has 2 aromatic rings. The smallest absolute Gasteiger partial charge is 0.342 e. The van der Waals surface area contributed by atoms with Crippen molar-refractivity contribution in [2.75, 3.05) is 19.5 Å². The third-order valence-corrected chi connectivity index (χ3v) is 5.28. The van der Waals surface area contributed by atoms with E-state index >= 15 is 0 Å². The molecule has 2 heterocycles. The number of anilines is 1. The van der Waals surface area contributed by atoms with E-state index in [0.29, 0.717) is 47.7 Å². The maximum atomic E-state index is 12.2. The highest BCUT2D eigenvalue weighted by Gasteiger charge is 2.31. The molecule has 1 aliphatic heterocycles. The maximum absolute atomic E-state index is 12.2. The molecule has 1 aliphatic rings. The monoisotopic (exact) mass is 426 g/mol. The quantitative estimate of drug-likeness (QED) is 0.490. The highest BCUT2D eigenvalue weighted by atomic mass is 16.5. The predicted molar refractivity (Wildman–Crippen MR) is 115 cm³/mol. The summed E-state index contributed by atoms with van der Waals surface area (Å²) in [6.45, 7) is 3.90. The van der Waals surface area contributed by atoms with Gasteiger partial charge in [-0.2, -0.15) is 0 Å². The van der Waals surface area contributed by atoms with Crippen molar-refractivity contribution in [2.24, 2.45) is 0 Å². The number of hydrogen-bond donors (Lipinski definition) is 2.